The summed E-state index contributed by atoms with van der Waals surface area (Å²) < 4.78 is 0. The van der Waals surface area contributed by atoms with Crippen molar-refractivity contribution in [3.8, 4) is 0 Å². The van der Waals surface area contributed by atoms with E-state index >= 15 is 0 Å². The van der Waals surface area contributed by atoms with E-state index in [9.17, 15) is 9.59 Å². The maximum Gasteiger partial charge on any atom is 0.235 e. The second-order valence-electron chi connectivity index (χ2n) is 5.16. The molecule has 2 rings (SSSR count). The third-order valence-corrected chi connectivity index (χ3v) is 3.52. The Bertz CT molecular complexity index is 497. The molecule has 4 heteroatoms. The highest BCUT2D eigenvalue weighted by molar-refractivity contribution is 6.14. The number of rotatable bonds is 3. The number of benzene rings is 1. The molecule has 1 aromatic rings. The fourth-order valence-corrected chi connectivity index (χ4v) is 2.57. The molecule has 0 unspecified atom stereocenters. The Hall–Kier alpha value is -1.84. The molecule has 1 N–H and O–H groups in total. The van der Waals surface area contributed by atoms with Gasteiger partial charge in [0, 0.05) is 31.4 Å². The monoisotopic (exact) mass is 260 g/mol. The molecule has 1 aromatic carbocycles. The van der Waals surface area contributed by atoms with Crippen LogP contribution >= 0.6 is 0 Å². The summed E-state index contributed by atoms with van der Waals surface area (Å²) in [6.07, 6.45) is 1.74. The Morgan fingerprint density at radius 1 is 1.32 bits per heavy atom. The first kappa shape index (κ1) is 13.6. The first-order valence-corrected chi connectivity index (χ1v) is 6.67. The lowest BCUT2D eigenvalue weighted by atomic mass is 9.83. The topological polar surface area (TPSA) is 49.4 Å². The highest BCUT2D eigenvalue weighted by Crippen LogP contribution is 2.31. The van der Waals surface area contributed by atoms with Crippen LogP contribution in [0.1, 0.15) is 30.1 Å². The van der Waals surface area contributed by atoms with E-state index in [0.29, 0.717) is 5.56 Å². The zero-order valence-electron chi connectivity index (χ0n) is 11.6. The number of nitrogens with zero attached hydrogens (tertiary/aromatic N) is 1. The summed E-state index contributed by atoms with van der Waals surface area (Å²) in [5, 5.41) is 3.35. The molecule has 0 saturated carbocycles. The van der Waals surface area contributed by atoms with Gasteiger partial charge in [-0.1, -0.05) is 25.5 Å². The first-order valence-electron chi connectivity index (χ1n) is 6.67. The van der Waals surface area contributed by atoms with Crippen LogP contribution in [-0.2, 0) is 4.79 Å². The molecule has 102 valence electrons. The molecular formula is C15H20N2O2. The lowest BCUT2D eigenvalue weighted by Crippen LogP contribution is -2.48. The molecule has 0 spiro atoms. The van der Waals surface area contributed by atoms with Crippen LogP contribution in [0.2, 0.25) is 0 Å². The number of anilines is 1. The summed E-state index contributed by atoms with van der Waals surface area (Å²) in [7, 11) is 3.39. The van der Waals surface area contributed by atoms with Crippen molar-refractivity contribution in [2.24, 2.45) is 5.92 Å². The summed E-state index contributed by atoms with van der Waals surface area (Å²) in [6.45, 7) is 2.06. The quantitative estimate of drug-likeness (QED) is 0.847. The van der Waals surface area contributed by atoms with Crippen molar-refractivity contribution in [2.75, 3.05) is 19.4 Å². The number of nitrogens with one attached hydrogen (secondary N) is 1. The average Bonchev–Trinajstić information content (AvgIpc) is 2.39. The largest absolute Gasteiger partial charge is 0.380 e. The van der Waals surface area contributed by atoms with E-state index in [4.69, 9.17) is 0 Å². The summed E-state index contributed by atoms with van der Waals surface area (Å²) in [5.41, 5.74) is 1.46. The van der Waals surface area contributed by atoms with Gasteiger partial charge in [0.15, 0.2) is 5.78 Å². The minimum Gasteiger partial charge on any atom is -0.380 e. The molecule has 2 atom stereocenters. The zero-order valence-corrected chi connectivity index (χ0v) is 11.6. The van der Waals surface area contributed by atoms with Gasteiger partial charge in [-0.05, 0) is 18.6 Å². The van der Waals surface area contributed by atoms with Gasteiger partial charge in [0.05, 0.1) is 0 Å². The normalized spacial score (nSPS) is 21.5. The number of amides is 1. The van der Waals surface area contributed by atoms with Gasteiger partial charge in [-0.25, -0.2) is 0 Å². The van der Waals surface area contributed by atoms with Crippen LogP contribution < -0.4 is 5.32 Å². The van der Waals surface area contributed by atoms with Gasteiger partial charge in [-0.3, -0.25) is 9.59 Å². The molecule has 0 saturated heterocycles. The third-order valence-electron chi connectivity index (χ3n) is 3.52. The Kier molecular flexibility index (Phi) is 3.88. The van der Waals surface area contributed by atoms with Crippen LogP contribution in [0.15, 0.2) is 24.3 Å². The summed E-state index contributed by atoms with van der Waals surface area (Å²) in [4.78, 5) is 26.3. The maximum absolute atomic E-state index is 12.6. The smallest absolute Gasteiger partial charge is 0.235 e. The molecule has 0 aromatic heterocycles. The summed E-state index contributed by atoms with van der Waals surface area (Å²) in [6, 6.07) is 7.29. The Balaban J connectivity index is 2.40. The fraction of sp³-hybridized carbons (Fsp3) is 0.467. The Labute approximate surface area is 113 Å². The van der Waals surface area contributed by atoms with Crippen LogP contribution in [-0.4, -0.2) is 36.7 Å². The van der Waals surface area contributed by atoms with E-state index in [1.807, 2.05) is 18.2 Å². The molecule has 1 aliphatic heterocycles. The molecule has 0 bridgehead atoms. The lowest BCUT2D eigenvalue weighted by molar-refractivity contribution is -0.131. The average molecular weight is 260 g/mol. The number of hydrogen-bond acceptors (Lipinski definition) is 3. The van der Waals surface area contributed by atoms with E-state index in [2.05, 4.69) is 12.2 Å². The van der Waals surface area contributed by atoms with Gasteiger partial charge < -0.3 is 10.2 Å². The number of carbonyl (C=O) groups is 2. The molecule has 4 nitrogen and oxygen atoms in total. The lowest BCUT2D eigenvalue weighted by Gasteiger charge is -2.34. The SMILES string of the molecule is CCC[C@@H]1Nc2ccccc2C(=O)[C@H]1C(=O)N(C)C. The molecule has 1 heterocycles. The number of para-hydroxylation sites is 1. The van der Waals surface area contributed by atoms with Crippen molar-refractivity contribution >= 4 is 17.4 Å². The van der Waals surface area contributed by atoms with Crippen LogP contribution in [0.3, 0.4) is 0 Å². The van der Waals surface area contributed by atoms with Crippen molar-refractivity contribution in [1.29, 1.82) is 0 Å². The van der Waals surface area contributed by atoms with E-state index in [1.54, 1.807) is 20.2 Å². The highest BCUT2D eigenvalue weighted by atomic mass is 16.2. The van der Waals surface area contributed by atoms with Crippen molar-refractivity contribution in [2.45, 2.75) is 25.8 Å². The Morgan fingerprint density at radius 3 is 2.63 bits per heavy atom. The first-order chi connectivity index (χ1) is 9.06. The molecule has 19 heavy (non-hydrogen) atoms. The minimum atomic E-state index is -0.607. The molecule has 0 fully saturated rings. The number of fused-ring (bicyclic) bond motifs is 1. The zero-order chi connectivity index (χ0) is 14.0. The number of carbonyl (C=O) groups excluding carboxylic acids is 2. The van der Waals surface area contributed by atoms with Gasteiger partial charge in [0.25, 0.3) is 0 Å². The molecule has 1 amide bonds. The van der Waals surface area contributed by atoms with Crippen molar-refractivity contribution in [3.05, 3.63) is 29.8 Å². The number of hydrogen-bond donors (Lipinski definition) is 1. The second kappa shape index (κ2) is 5.43. The molecular weight excluding hydrogens is 240 g/mol. The molecule has 0 aliphatic carbocycles. The Morgan fingerprint density at radius 2 is 2.00 bits per heavy atom. The highest BCUT2D eigenvalue weighted by Gasteiger charge is 2.40. The van der Waals surface area contributed by atoms with Gasteiger partial charge in [0.1, 0.15) is 5.92 Å². The van der Waals surface area contributed by atoms with Crippen molar-refractivity contribution in [1.82, 2.24) is 4.90 Å². The summed E-state index contributed by atoms with van der Waals surface area (Å²) in [5.74, 6) is -0.790. The predicted molar refractivity (Wildman–Crippen MR) is 75.3 cm³/mol. The predicted octanol–water partition coefficient (Wildman–Crippen LogP) is 2.17. The van der Waals surface area contributed by atoms with Crippen molar-refractivity contribution in [3.63, 3.8) is 0 Å². The standard InChI is InChI=1S/C15H20N2O2/c1-4-7-12-13(15(19)17(2)3)14(18)10-8-5-6-9-11(10)16-12/h5-6,8-9,12-13,16H,4,7H2,1-3H3/t12-,13-/m0/s1. The van der Waals surface area contributed by atoms with Crippen LogP contribution in [0.4, 0.5) is 5.69 Å². The molecule has 0 radical (unpaired) electrons. The number of ketones is 1. The van der Waals surface area contributed by atoms with E-state index < -0.39 is 5.92 Å². The van der Waals surface area contributed by atoms with Gasteiger partial charge in [0.2, 0.25) is 5.91 Å². The fourth-order valence-electron chi connectivity index (χ4n) is 2.57. The van der Waals surface area contributed by atoms with E-state index in [1.165, 1.54) is 4.90 Å². The van der Waals surface area contributed by atoms with Gasteiger partial charge >= 0.3 is 0 Å². The van der Waals surface area contributed by atoms with Gasteiger partial charge in [-0.15, -0.1) is 0 Å². The van der Waals surface area contributed by atoms with Crippen LogP contribution in [0, 0.1) is 5.92 Å². The van der Waals surface area contributed by atoms with E-state index in [0.717, 1.165) is 18.5 Å². The summed E-state index contributed by atoms with van der Waals surface area (Å²) >= 11 is 0. The maximum atomic E-state index is 12.6. The second-order valence-corrected chi connectivity index (χ2v) is 5.16. The van der Waals surface area contributed by atoms with Gasteiger partial charge in [-0.2, -0.15) is 0 Å². The van der Waals surface area contributed by atoms with E-state index in [-0.39, 0.29) is 17.7 Å². The van der Waals surface area contributed by atoms with Crippen LogP contribution in [0.5, 0.6) is 0 Å². The van der Waals surface area contributed by atoms with Crippen LogP contribution in [0.25, 0.3) is 0 Å². The van der Waals surface area contributed by atoms with Crippen molar-refractivity contribution < 1.29 is 9.59 Å². The molecule has 1 aliphatic rings. The third kappa shape index (κ3) is 2.48. The number of Topliss-reactive ketones (excluding diaryl/α,β-unsaturated/α-hetero) is 1. The minimum absolute atomic E-state index is 0.0634.